The summed E-state index contributed by atoms with van der Waals surface area (Å²) in [5.41, 5.74) is 1.43. The molecule has 4 nitrogen and oxygen atoms in total. The van der Waals surface area contributed by atoms with Crippen LogP contribution in [0.2, 0.25) is 0 Å². The molecule has 2 aromatic rings. The van der Waals surface area contributed by atoms with Crippen molar-refractivity contribution in [2.75, 3.05) is 0 Å². The van der Waals surface area contributed by atoms with E-state index in [-0.39, 0.29) is 11.9 Å². The highest BCUT2D eigenvalue weighted by Crippen LogP contribution is 2.28. The molecule has 0 radical (unpaired) electrons. The fourth-order valence-corrected chi connectivity index (χ4v) is 3.33. The molecule has 3 atom stereocenters. The van der Waals surface area contributed by atoms with Crippen molar-refractivity contribution >= 4 is 16.9 Å². The number of hydrogen-bond acceptors (Lipinski definition) is 3. The summed E-state index contributed by atoms with van der Waals surface area (Å²) in [5.74, 6) is -0.00218. The lowest BCUT2D eigenvalue weighted by Crippen LogP contribution is -2.42. The Morgan fingerprint density at radius 2 is 2.26 bits per heavy atom. The maximum Gasteiger partial charge on any atom is 0.251 e. The van der Waals surface area contributed by atoms with Crippen molar-refractivity contribution < 1.29 is 9.21 Å². The number of carbonyl (C=O) groups excluding carboxylic acids is 1. The molecule has 2 bridgehead atoms. The van der Waals surface area contributed by atoms with Crippen molar-refractivity contribution in [3.63, 3.8) is 0 Å². The first-order valence-electron chi connectivity index (χ1n) is 6.84. The number of nitrogens with one attached hydrogen (secondary N) is 2. The van der Waals surface area contributed by atoms with Gasteiger partial charge in [0.15, 0.2) is 0 Å². The number of hydrogen-bond donors (Lipinski definition) is 2. The van der Waals surface area contributed by atoms with E-state index in [1.54, 1.807) is 6.26 Å². The molecule has 2 aliphatic rings. The number of rotatable bonds is 2. The molecule has 2 N–H and O–H groups in total. The van der Waals surface area contributed by atoms with Crippen molar-refractivity contribution in [3.8, 4) is 0 Å². The van der Waals surface area contributed by atoms with Crippen molar-refractivity contribution in [2.24, 2.45) is 0 Å². The molecular formula is C15H16N2O2. The second-order valence-corrected chi connectivity index (χ2v) is 5.54. The largest absolute Gasteiger partial charge is 0.464 e. The summed E-state index contributed by atoms with van der Waals surface area (Å²) in [7, 11) is 0. The minimum Gasteiger partial charge on any atom is -0.464 e. The zero-order chi connectivity index (χ0) is 12.8. The van der Waals surface area contributed by atoms with Gasteiger partial charge in [-0.05, 0) is 37.5 Å². The van der Waals surface area contributed by atoms with Gasteiger partial charge < -0.3 is 15.1 Å². The maximum absolute atomic E-state index is 12.3. The van der Waals surface area contributed by atoms with Crippen LogP contribution in [0, 0.1) is 0 Å². The summed E-state index contributed by atoms with van der Waals surface area (Å²) in [6, 6.07) is 8.82. The average molecular weight is 256 g/mol. The minimum atomic E-state index is -0.00218. The van der Waals surface area contributed by atoms with E-state index in [0.29, 0.717) is 17.6 Å². The van der Waals surface area contributed by atoms with Gasteiger partial charge in [0.1, 0.15) is 5.58 Å². The molecular weight excluding hydrogens is 240 g/mol. The third kappa shape index (κ3) is 1.83. The van der Waals surface area contributed by atoms with Crippen LogP contribution in [0.1, 0.15) is 29.6 Å². The predicted octanol–water partition coefficient (Wildman–Crippen LogP) is 2.06. The summed E-state index contributed by atoms with van der Waals surface area (Å²) >= 11 is 0. The maximum atomic E-state index is 12.3. The van der Waals surface area contributed by atoms with Crippen LogP contribution in [0.5, 0.6) is 0 Å². The second-order valence-electron chi connectivity index (χ2n) is 5.54. The normalized spacial score (nSPS) is 28.9. The Morgan fingerprint density at radius 3 is 3.05 bits per heavy atom. The zero-order valence-corrected chi connectivity index (χ0v) is 10.6. The molecule has 1 aromatic carbocycles. The molecule has 0 aliphatic carbocycles. The van der Waals surface area contributed by atoms with Crippen LogP contribution in [0.3, 0.4) is 0 Å². The molecule has 2 saturated heterocycles. The highest BCUT2D eigenvalue weighted by Gasteiger charge is 2.39. The topological polar surface area (TPSA) is 54.3 Å². The number of furan rings is 1. The molecule has 0 saturated carbocycles. The van der Waals surface area contributed by atoms with Crippen molar-refractivity contribution in [1.29, 1.82) is 0 Å². The van der Waals surface area contributed by atoms with Crippen LogP contribution in [0.15, 0.2) is 34.9 Å². The molecule has 1 amide bonds. The summed E-state index contributed by atoms with van der Waals surface area (Å²) in [6.45, 7) is 0. The molecule has 0 spiro atoms. The highest BCUT2D eigenvalue weighted by atomic mass is 16.3. The molecule has 19 heavy (non-hydrogen) atoms. The Bertz CT molecular complexity index is 634. The summed E-state index contributed by atoms with van der Waals surface area (Å²) < 4.78 is 5.34. The van der Waals surface area contributed by atoms with Gasteiger partial charge >= 0.3 is 0 Å². The lowest BCUT2D eigenvalue weighted by molar-refractivity contribution is 0.0931. The van der Waals surface area contributed by atoms with Gasteiger partial charge in [-0.2, -0.15) is 0 Å². The molecule has 3 heterocycles. The SMILES string of the molecule is O=C(N[C@@H]1C[C@H]2CC[C@@H]1N2)c1ccc2ccoc2c1. The van der Waals surface area contributed by atoms with E-state index < -0.39 is 0 Å². The van der Waals surface area contributed by atoms with Crippen molar-refractivity contribution in [3.05, 3.63) is 36.1 Å². The third-order valence-corrected chi connectivity index (χ3v) is 4.33. The Labute approximate surface area is 111 Å². The molecule has 2 aliphatic heterocycles. The summed E-state index contributed by atoms with van der Waals surface area (Å²) in [6.07, 6.45) is 5.12. The van der Waals surface area contributed by atoms with Gasteiger partial charge in [0.2, 0.25) is 0 Å². The quantitative estimate of drug-likeness (QED) is 0.864. The van der Waals surface area contributed by atoms with Gasteiger partial charge in [0, 0.05) is 29.1 Å². The highest BCUT2D eigenvalue weighted by molar-refractivity contribution is 5.97. The summed E-state index contributed by atoms with van der Waals surface area (Å²) in [4.78, 5) is 12.3. The van der Waals surface area contributed by atoms with E-state index in [1.807, 2.05) is 24.3 Å². The molecule has 2 fully saturated rings. The van der Waals surface area contributed by atoms with E-state index in [2.05, 4.69) is 10.6 Å². The molecule has 98 valence electrons. The van der Waals surface area contributed by atoms with Crippen LogP contribution in [0.4, 0.5) is 0 Å². The average Bonchev–Trinajstić information content (AvgIpc) is 3.13. The van der Waals surface area contributed by atoms with E-state index in [0.717, 1.165) is 17.4 Å². The smallest absolute Gasteiger partial charge is 0.251 e. The number of fused-ring (bicyclic) bond motifs is 3. The Morgan fingerprint density at radius 1 is 1.32 bits per heavy atom. The second kappa shape index (κ2) is 4.10. The standard InChI is InChI=1S/C15H16N2O2/c18-15(17-13-8-11-3-4-12(13)16-11)10-2-1-9-5-6-19-14(9)7-10/h1-2,5-7,11-13,16H,3-4,8H2,(H,17,18)/t11-,12+,13-/m1/s1. The van der Waals surface area contributed by atoms with Crippen LogP contribution < -0.4 is 10.6 Å². The lowest BCUT2D eigenvalue weighted by atomic mass is 9.95. The molecule has 4 rings (SSSR count). The Balaban J connectivity index is 1.53. The van der Waals surface area contributed by atoms with E-state index >= 15 is 0 Å². The number of carbonyl (C=O) groups is 1. The van der Waals surface area contributed by atoms with Gasteiger partial charge in [-0.25, -0.2) is 0 Å². The first-order valence-corrected chi connectivity index (χ1v) is 6.84. The van der Waals surface area contributed by atoms with Gasteiger partial charge in [-0.1, -0.05) is 6.07 Å². The Hall–Kier alpha value is -1.81. The van der Waals surface area contributed by atoms with Gasteiger partial charge in [0.25, 0.3) is 5.91 Å². The number of benzene rings is 1. The van der Waals surface area contributed by atoms with Crippen LogP contribution in [0.25, 0.3) is 11.0 Å². The Kier molecular flexibility index (Phi) is 2.38. The van der Waals surface area contributed by atoms with Crippen molar-refractivity contribution in [1.82, 2.24) is 10.6 Å². The van der Waals surface area contributed by atoms with Crippen LogP contribution >= 0.6 is 0 Å². The minimum absolute atomic E-state index is 0.00218. The molecule has 0 unspecified atom stereocenters. The number of amides is 1. The third-order valence-electron chi connectivity index (χ3n) is 4.33. The van der Waals surface area contributed by atoms with Gasteiger partial charge in [-0.3, -0.25) is 4.79 Å². The monoisotopic (exact) mass is 256 g/mol. The first kappa shape index (κ1) is 11.1. The molecule has 4 heteroatoms. The lowest BCUT2D eigenvalue weighted by Gasteiger charge is -2.21. The van der Waals surface area contributed by atoms with Crippen molar-refractivity contribution in [2.45, 2.75) is 37.4 Å². The van der Waals surface area contributed by atoms with E-state index in [9.17, 15) is 4.79 Å². The van der Waals surface area contributed by atoms with Crippen LogP contribution in [-0.2, 0) is 0 Å². The fraction of sp³-hybridized carbons (Fsp3) is 0.400. The van der Waals surface area contributed by atoms with E-state index in [1.165, 1.54) is 12.8 Å². The van der Waals surface area contributed by atoms with Gasteiger partial charge in [0.05, 0.1) is 6.26 Å². The fourth-order valence-electron chi connectivity index (χ4n) is 3.33. The van der Waals surface area contributed by atoms with Crippen LogP contribution in [-0.4, -0.2) is 24.0 Å². The predicted molar refractivity (Wildman–Crippen MR) is 72.0 cm³/mol. The molecule has 1 aromatic heterocycles. The van der Waals surface area contributed by atoms with E-state index in [4.69, 9.17) is 4.42 Å². The first-order chi connectivity index (χ1) is 9.29. The summed E-state index contributed by atoms with van der Waals surface area (Å²) in [5, 5.41) is 7.69. The zero-order valence-electron chi connectivity index (χ0n) is 10.6. The van der Waals surface area contributed by atoms with Gasteiger partial charge in [-0.15, -0.1) is 0 Å².